The zero-order chi connectivity index (χ0) is 17.6. The Morgan fingerprint density at radius 1 is 1.28 bits per heavy atom. The van der Waals surface area contributed by atoms with Crippen molar-refractivity contribution in [2.75, 3.05) is 29.6 Å². The number of rotatable bonds is 2. The molecule has 0 bridgehead atoms. The van der Waals surface area contributed by atoms with Gasteiger partial charge in [0.2, 0.25) is 5.91 Å². The monoisotopic (exact) mass is 382 g/mol. The number of ether oxygens (including phenoxy) is 2. The Labute approximate surface area is 150 Å². The Morgan fingerprint density at radius 2 is 2.04 bits per heavy atom. The van der Waals surface area contributed by atoms with E-state index in [0.29, 0.717) is 36.3 Å². The van der Waals surface area contributed by atoms with Crippen molar-refractivity contribution in [1.29, 1.82) is 0 Å². The van der Waals surface area contributed by atoms with Crippen molar-refractivity contribution in [3.05, 3.63) is 18.2 Å². The van der Waals surface area contributed by atoms with Crippen LogP contribution < -0.4 is 14.4 Å². The van der Waals surface area contributed by atoms with Crippen LogP contribution in [0.5, 0.6) is 11.5 Å². The van der Waals surface area contributed by atoms with E-state index in [2.05, 4.69) is 4.99 Å². The van der Waals surface area contributed by atoms with Crippen molar-refractivity contribution in [2.45, 2.75) is 24.6 Å². The summed E-state index contributed by atoms with van der Waals surface area (Å²) in [5, 5.41) is 0.454. The fourth-order valence-electron chi connectivity index (χ4n) is 3.23. The molecule has 0 N–H and O–H groups in total. The van der Waals surface area contributed by atoms with Gasteiger partial charge in [-0.15, -0.1) is 0 Å². The summed E-state index contributed by atoms with van der Waals surface area (Å²) >= 11 is 1.37. The molecule has 0 radical (unpaired) electrons. The zero-order valence-electron chi connectivity index (χ0n) is 13.7. The highest BCUT2D eigenvalue weighted by atomic mass is 32.2. The summed E-state index contributed by atoms with van der Waals surface area (Å²) in [6.45, 7) is 2.74. The van der Waals surface area contributed by atoms with Gasteiger partial charge in [0.15, 0.2) is 26.5 Å². The average Bonchev–Trinajstić information content (AvgIpc) is 3.05. The van der Waals surface area contributed by atoms with Gasteiger partial charge in [-0.2, -0.15) is 4.99 Å². The molecule has 25 heavy (non-hydrogen) atoms. The predicted octanol–water partition coefficient (Wildman–Crippen LogP) is 1.47. The van der Waals surface area contributed by atoms with Crippen molar-refractivity contribution in [1.82, 2.24) is 0 Å². The van der Waals surface area contributed by atoms with Crippen molar-refractivity contribution in [2.24, 2.45) is 4.99 Å². The second kappa shape index (κ2) is 6.21. The quantitative estimate of drug-likeness (QED) is 0.766. The number of carbonyl (C=O) groups is 1. The summed E-state index contributed by atoms with van der Waals surface area (Å²) < 4.78 is 35.3. The van der Waals surface area contributed by atoms with Crippen LogP contribution in [0, 0.1) is 0 Å². The van der Waals surface area contributed by atoms with Gasteiger partial charge in [-0.1, -0.05) is 18.7 Å². The van der Waals surface area contributed by atoms with Crippen LogP contribution in [-0.2, 0) is 14.6 Å². The van der Waals surface area contributed by atoms with Crippen LogP contribution in [0.4, 0.5) is 5.69 Å². The first-order valence-electron chi connectivity index (χ1n) is 8.14. The molecule has 0 saturated carbocycles. The molecule has 3 aliphatic heterocycles. The van der Waals surface area contributed by atoms with Crippen LogP contribution in [-0.4, -0.2) is 55.5 Å². The Balaban J connectivity index is 1.74. The van der Waals surface area contributed by atoms with E-state index in [9.17, 15) is 13.2 Å². The molecule has 0 spiro atoms. The molecule has 1 aromatic rings. The molecule has 1 amide bonds. The van der Waals surface area contributed by atoms with Crippen molar-refractivity contribution in [3.63, 3.8) is 0 Å². The summed E-state index contributed by atoms with van der Waals surface area (Å²) in [6.07, 6.45) is 0.312. The number of aliphatic imine (C=N–C) groups is 1. The first-order valence-corrected chi connectivity index (χ1v) is 10.8. The third-order valence-electron chi connectivity index (χ3n) is 4.39. The Morgan fingerprint density at radius 3 is 2.80 bits per heavy atom. The first-order chi connectivity index (χ1) is 12.0. The van der Waals surface area contributed by atoms with Crippen molar-refractivity contribution < 1.29 is 22.7 Å². The van der Waals surface area contributed by atoms with Gasteiger partial charge in [0.1, 0.15) is 13.2 Å². The molecule has 4 rings (SSSR count). The third kappa shape index (κ3) is 3.10. The minimum absolute atomic E-state index is 0.0679. The lowest BCUT2D eigenvalue weighted by Gasteiger charge is -2.26. The minimum Gasteiger partial charge on any atom is -0.486 e. The zero-order valence-corrected chi connectivity index (χ0v) is 15.3. The van der Waals surface area contributed by atoms with Crippen LogP contribution >= 0.6 is 11.8 Å². The molecule has 3 aliphatic rings. The molecule has 7 nitrogen and oxygen atoms in total. The SMILES string of the molecule is CCC(=O)N=C1S[C@@H]2CS(=O)(=O)C[C@H]2N1c1ccc2c(c1)OCCO2. The normalized spacial score (nSPS) is 28.2. The highest BCUT2D eigenvalue weighted by Gasteiger charge is 2.49. The Hall–Kier alpha value is -1.74. The molecule has 2 atom stereocenters. The van der Waals surface area contributed by atoms with Gasteiger partial charge in [0.05, 0.1) is 17.5 Å². The Kier molecular flexibility index (Phi) is 4.15. The molecule has 2 fully saturated rings. The average molecular weight is 382 g/mol. The standard InChI is InChI=1S/C16H18N2O5S2/c1-2-15(19)17-16-18(11-8-25(20,21)9-14(11)24-16)10-3-4-12-13(7-10)23-6-5-22-12/h3-4,7,11,14H,2,5-6,8-9H2,1H3/t11-,14-/m1/s1. The third-order valence-corrected chi connectivity index (χ3v) is 7.60. The number of benzene rings is 1. The molecule has 134 valence electrons. The van der Waals surface area contributed by atoms with E-state index in [4.69, 9.17) is 9.47 Å². The molecule has 3 heterocycles. The fourth-order valence-corrected chi connectivity index (χ4v) is 7.17. The van der Waals surface area contributed by atoms with E-state index in [0.717, 1.165) is 5.69 Å². The number of sulfone groups is 1. The second-order valence-corrected chi connectivity index (χ2v) is 9.50. The largest absolute Gasteiger partial charge is 0.486 e. The van der Waals surface area contributed by atoms with E-state index in [-0.39, 0.29) is 28.7 Å². The number of amidine groups is 1. The van der Waals surface area contributed by atoms with Gasteiger partial charge in [0, 0.05) is 23.4 Å². The number of fused-ring (bicyclic) bond motifs is 2. The first kappa shape index (κ1) is 16.7. The van der Waals surface area contributed by atoms with Gasteiger partial charge in [0.25, 0.3) is 0 Å². The van der Waals surface area contributed by atoms with Gasteiger partial charge in [-0.05, 0) is 12.1 Å². The smallest absolute Gasteiger partial charge is 0.247 e. The molecule has 1 aromatic carbocycles. The van der Waals surface area contributed by atoms with Crippen molar-refractivity contribution >= 4 is 38.4 Å². The number of thioether (sulfide) groups is 1. The van der Waals surface area contributed by atoms with Crippen LogP contribution in [0.15, 0.2) is 23.2 Å². The highest BCUT2D eigenvalue weighted by Crippen LogP contribution is 2.43. The lowest BCUT2D eigenvalue weighted by atomic mass is 10.2. The number of carbonyl (C=O) groups excluding carboxylic acids is 1. The van der Waals surface area contributed by atoms with Crippen LogP contribution in [0.3, 0.4) is 0 Å². The van der Waals surface area contributed by atoms with Gasteiger partial charge >= 0.3 is 0 Å². The predicted molar refractivity (Wildman–Crippen MR) is 96.5 cm³/mol. The lowest BCUT2D eigenvalue weighted by Crippen LogP contribution is -2.37. The summed E-state index contributed by atoms with van der Waals surface area (Å²) in [5.74, 6) is 1.26. The number of anilines is 1. The Bertz CT molecular complexity index is 852. The summed E-state index contributed by atoms with van der Waals surface area (Å²) in [6, 6.07) is 5.27. The number of nitrogens with zero attached hydrogens (tertiary/aromatic N) is 2. The summed E-state index contributed by atoms with van der Waals surface area (Å²) in [5.41, 5.74) is 0.768. The molecular weight excluding hydrogens is 364 g/mol. The number of hydrogen-bond acceptors (Lipinski definition) is 6. The van der Waals surface area contributed by atoms with Gasteiger partial charge in [-0.3, -0.25) is 4.79 Å². The van der Waals surface area contributed by atoms with Crippen molar-refractivity contribution in [3.8, 4) is 11.5 Å². The molecule has 0 aromatic heterocycles. The lowest BCUT2D eigenvalue weighted by molar-refractivity contribution is -0.117. The van der Waals surface area contributed by atoms with Gasteiger partial charge in [-0.25, -0.2) is 8.42 Å². The van der Waals surface area contributed by atoms with Crippen LogP contribution in [0.2, 0.25) is 0 Å². The minimum atomic E-state index is -3.08. The molecule has 0 aliphatic carbocycles. The van der Waals surface area contributed by atoms with E-state index >= 15 is 0 Å². The maximum Gasteiger partial charge on any atom is 0.247 e. The van der Waals surface area contributed by atoms with Crippen LogP contribution in [0.1, 0.15) is 13.3 Å². The summed E-state index contributed by atoms with van der Waals surface area (Å²) in [4.78, 5) is 17.9. The topological polar surface area (TPSA) is 85.3 Å². The molecule has 2 saturated heterocycles. The second-order valence-electron chi connectivity index (χ2n) is 6.14. The van der Waals surface area contributed by atoms with E-state index < -0.39 is 9.84 Å². The number of hydrogen-bond donors (Lipinski definition) is 0. The number of amides is 1. The molecular formula is C16H18N2O5S2. The van der Waals surface area contributed by atoms with Crippen LogP contribution in [0.25, 0.3) is 0 Å². The molecule has 0 unspecified atom stereocenters. The van der Waals surface area contributed by atoms with E-state index in [1.807, 2.05) is 23.1 Å². The van der Waals surface area contributed by atoms with E-state index in [1.165, 1.54) is 11.8 Å². The highest BCUT2D eigenvalue weighted by molar-refractivity contribution is 8.16. The maximum atomic E-state index is 12.0. The fraction of sp³-hybridized carbons (Fsp3) is 0.500. The maximum absolute atomic E-state index is 12.0. The summed E-state index contributed by atoms with van der Waals surface area (Å²) in [7, 11) is -3.08. The molecule has 9 heteroatoms. The van der Waals surface area contributed by atoms with E-state index in [1.54, 1.807) is 6.92 Å². The van der Waals surface area contributed by atoms with Gasteiger partial charge < -0.3 is 14.4 Å².